The van der Waals surface area contributed by atoms with Gasteiger partial charge in [-0.1, -0.05) is 58.5 Å². The van der Waals surface area contributed by atoms with Crippen LogP contribution in [0.3, 0.4) is 0 Å². The van der Waals surface area contributed by atoms with Crippen LogP contribution in [0.4, 0.5) is 0 Å². The van der Waals surface area contributed by atoms with E-state index >= 15 is 0 Å². The molecule has 0 aromatic heterocycles. The van der Waals surface area contributed by atoms with Gasteiger partial charge in [0.05, 0.1) is 10.9 Å². The Hall–Kier alpha value is -2.52. The van der Waals surface area contributed by atoms with Gasteiger partial charge in [-0.15, -0.1) is 0 Å². The molecule has 172 valence electrons. The fourth-order valence-corrected chi connectivity index (χ4v) is 5.15. The number of rotatable bonds is 10. The lowest BCUT2D eigenvalue weighted by atomic mass is 10.2. The zero-order chi connectivity index (χ0) is 23.6. The Morgan fingerprint density at radius 1 is 0.818 bits per heavy atom. The number of ether oxygens (including phenoxy) is 3. The number of hydrogen-bond donors (Lipinski definition) is 0. The Bertz CT molecular complexity index is 1040. The van der Waals surface area contributed by atoms with E-state index in [9.17, 15) is 9.59 Å². The number of carbonyl (C=O) groups excluding carboxylic acids is 2. The van der Waals surface area contributed by atoms with Crippen LogP contribution in [0.2, 0.25) is 0 Å². The summed E-state index contributed by atoms with van der Waals surface area (Å²) < 4.78 is 15.3. The zero-order valence-corrected chi connectivity index (χ0v) is 21.5. The molecule has 0 saturated carbocycles. The second kappa shape index (κ2) is 12.6. The Balaban J connectivity index is 1.59. The van der Waals surface area contributed by atoms with Gasteiger partial charge < -0.3 is 14.2 Å². The summed E-state index contributed by atoms with van der Waals surface area (Å²) in [5.41, 5.74) is 1.23. The van der Waals surface area contributed by atoms with Crippen LogP contribution in [0.25, 0.3) is 0 Å². The summed E-state index contributed by atoms with van der Waals surface area (Å²) in [5.74, 6) is -0.258. The van der Waals surface area contributed by atoms with Gasteiger partial charge in [-0.2, -0.15) is 0 Å². The Morgan fingerprint density at radius 3 is 1.97 bits per heavy atom. The van der Waals surface area contributed by atoms with Gasteiger partial charge in [-0.05, 0) is 62.4 Å². The lowest BCUT2D eigenvalue weighted by molar-refractivity contribution is -0.152. The molecule has 3 aromatic carbocycles. The molecule has 0 saturated heterocycles. The second-order valence-electron chi connectivity index (χ2n) is 7.20. The van der Waals surface area contributed by atoms with Crippen molar-refractivity contribution in [1.29, 1.82) is 0 Å². The average Bonchev–Trinajstić information content (AvgIpc) is 2.83. The first-order valence-corrected chi connectivity index (χ1v) is 13.0. The van der Waals surface area contributed by atoms with Crippen molar-refractivity contribution in [3.63, 3.8) is 0 Å². The quantitative estimate of drug-likeness (QED) is 0.107. The van der Waals surface area contributed by atoms with E-state index in [1.807, 2.05) is 52.9 Å². The molecule has 0 aliphatic carbocycles. The molecule has 3 rings (SSSR count). The van der Waals surface area contributed by atoms with Crippen molar-refractivity contribution in [3.8, 4) is 5.75 Å². The van der Waals surface area contributed by atoms with E-state index in [0.717, 1.165) is 4.90 Å². The fraction of sp³-hybridized carbons (Fsp3) is 0.231. The fourth-order valence-electron chi connectivity index (χ4n) is 2.91. The van der Waals surface area contributed by atoms with Crippen LogP contribution in [0, 0.1) is 6.92 Å². The topological polar surface area (TPSA) is 61.8 Å². The summed E-state index contributed by atoms with van der Waals surface area (Å²) in [6.45, 7) is 3.65. The molecule has 0 fully saturated rings. The number of esters is 2. The lowest BCUT2D eigenvalue weighted by Gasteiger charge is -2.10. The summed E-state index contributed by atoms with van der Waals surface area (Å²) >= 11 is 1.97. The number of aryl methyl sites for hydroxylation is 1. The van der Waals surface area contributed by atoms with Gasteiger partial charge in [0.25, 0.3) is 0 Å². The minimum Gasteiger partial charge on any atom is -0.482 e. The van der Waals surface area contributed by atoms with E-state index in [0.29, 0.717) is 5.75 Å². The van der Waals surface area contributed by atoms with Gasteiger partial charge in [0.2, 0.25) is 0 Å². The smallest absolute Gasteiger partial charge is 0.344 e. The zero-order valence-electron chi connectivity index (χ0n) is 18.5. The molecule has 0 bridgehead atoms. The monoisotopic (exact) mass is 577 g/mol. The largest absolute Gasteiger partial charge is 0.482 e. The van der Waals surface area contributed by atoms with Crippen molar-refractivity contribution in [1.82, 2.24) is 0 Å². The number of benzene rings is 3. The van der Waals surface area contributed by atoms with Gasteiger partial charge in [0.1, 0.15) is 22.9 Å². The lowest BCUT2D eigenvalue weighted by Crippen LogP contribution is -2.20. The third kappa shape index (κ3) is 7.78. The third-order valence-corrected chi connectivity index (χ3v) is 7.31. The van der Waals surface area contributed by atoms with Crippen LogP contribution < -0.4 is 4.74 Å². The summed E-state index contributed by atoms with van der Waals surface area (Å²) in [5, 5.41) is 0. The molecule has 3 aromatic rings. The minimum absolute atomic E-state index is 0.00660. The summed E-state index contributed by atoms with van der Waals surface area (Å²) in [7, 11) is -0.246. The van der Waals surface area contributed by atoms with Gasteiger partial charge in [0, 0.05) is 0 Å². The summed E-state index contributed by atoms with van der Waals surface area (Å²) in [6, 6.07) is 26.8. The van der Waals surface area contributed by atoms with Crippen molar-refractivity contribution < 1.29 is 23.8 Å². The maximum atomic E-state index is 11.9. The molecule has 0 heterocycles. The highest BCUT2D eigenvalue weighted by atomic mass is 127. The van der Waals surface area contributed by atoms with Crippen molar-refractivity contribution in [2.75, 3.05) is 19.8 Å². The van der Waals surface area contributed by atoms with Crippen LogP contribution in [0.1, 0.15) is 12.5 Å². The van der Waals surface area contributed by atoms with Gasteiger partial charge in [-0.25, -0.2) is 4.79 Å². The first-order chi connectivity index (χ1) is 15.9. The van der Waals surface area contributed by atoms with E-state index in [1.165, 1.54) is 15.4 Å². The number of carbonyl (C=O) groups is 2. The van der Waals surface area contributed by atoms with Crippen molar-refractivity contribution in [3.05, 3.63) is 84.4 Å². The SMILES string of the molecule is Cc1ccc([S+](c2ccccc2)c2ccc(OCC(=O)OCCOC(=O)C(C)I)cc2)cc1. The first-order valence-electron chi connectivity index (χ1n) is 10.5. The molecule has 0 N–H and O–H groups in total. The van der Waals surface area contributed by atoms with E-state index in [1.54, 1.807) is 6.92 Å². The van der Waals surface area contributed by atoms with Crippen LogP contribution in [-0.4, -0.2) is 35.7 Å². The molecule has 2 atom stereocenters. The maximum Gasteiger partial charge on any atom is 0.344 e. The molecule has 0 radical (unpaired) electrons. The molecule has 2 unspecified atom stereocenters. The van der Waals surface area contributed by atoms with Crippen LogP contribution >= 0.6 is 22.6 Å². The van der Waals surface area contributed by atoms with Crippen molar-refractivity contribution in [2.24, 2.45) is 0 Å². The van der Waals surface area contributed by atoms with E-state index in [2.05, 4.69) is 55.5 Å². The van der Waals surface area contributed by atoms with Crippen LogP contribution in [0.15, 0.2) is 93.5 Å². The first kappa shape index (κ1) is 25.1. The van der Waals surface area contributed by atoms with E-state index in [-0.39, 0.29) is 40.6 Å². The highest BCUT2D eigenvalue weighted by Gasteiger charge is 2.28. The predicted molar refractivity (Wildman–Crippen MR) is 137 cm³/mol. The van der Waals surface area contributed by atoms with Gasteiger partial charge >= 0.3 is 11.9 Å². The van der Waals surface area contributed by atoms with Crippen LogP contribution in [0.5, 0.6) is 5.75 Å². The molecule has 0 aliphatic heterocycles. The number of hydrogen-bond acceptors (Lipinski definition) is 5. The van der Waals surface area contributed by atoms with Crippen molar-refractivity contribution >= 4 is 45.4 Å². The number of halogens is 1. The summed E-state index contributed by atoms with van der Waals surface area (Å²) in [6.07, 6.45) is 0. The normalized spacial score (nSPS) is 12.5. The maximum absolute atomic E-state index is 11.9. The van der Waals surface area contributed by atoms with Gasteiger partial charge in [-0.3, -0.25) is 4.79 Å². The molecule has 33 heavy (non-hydrogen) atoms. The van der Waals surface area contributed by atoms with E-state index in [4.69, 9.17) is 14.2 Å². The molecule has 0 amide bonds. The molecule has 0 aliphatic rings. The third-order valence-electron chi connectivity index (χ3n) is 4.57. The number of alkyl halides is 1. The molecule has 7 heteroatoms. The van der Waals surface area contributed by atoms with Crippen molar-refractivity contribution in [2.45, 2.75) is 32.5 Å². The average molecular weight is 577 g/mol. The van der Waals surface area contributed by atoms with Gasteiger partial charge in [0.15, 0.2) is 21.3 Å². The standard InChI is InChI=1S/C26H26IO5S/c1-19-8-12-23(13-9-19)33(22-6-4-3-5-7-22)24-14-10-21(11-15-24)32-18-25(28)30-16-17-31-26(29)20(2)27/h3-15,20H,16-18H2,1-2H3/q+1. The second-order valence-corrected chi connectivity index (χ2v) is 11.1. The summed E-state index contributed by atoms with van der Waals surface area (Å²) in [4.78, 5) is 26.9. The molecular weight excluding hydrogens is 551 g/mol. The Labute approximate surface area is 210 Å². The highest BCUT2D eigenvalue weighted by Crippen LogP contribution is 2.32. The molecule has 0 spiro atoms. The Kier molecular flexibility index (Phi) is 9.62. The minimum atomic E-state index is -0.513. The van der Waals surface area contributed by atoms with E-state index < -0.39 is 5.97 Å². The highest BCUT2D eigenvalue weighted by molar-refractivity contribution is 14.1. The predicted octanol–water partition coefficient (Wildman–Crippen LogP) is 5.38. The Morgan fingerprint density at radius 2 is 1.36 bits per heavy atom. The molecular formula is C26H26IO5S+. The van der Waals surface area contributed by atoms with Crippen LogP contribution in [-0.2, 0) is 30.0 Å². The molecule has 5 nitrogen and oxygen atoms in total.